The van der Waals surface area contributed by atoms with Crippen LogP contribution in [-0.4, -0.2) is 40.9 Å². The summed E-state index contributed by atoms with van der Waals surface area (Å²) in [6, 6.07) is 11.2. The van der Waals surface area contributed by atoms with Gasteiger partial charge in [-0.05, 0) is 51.5 Å². The number of carbonyl (C=O) groups excluding carboxylic acids is 2. The van der Waals surface area contributed by atoms with E-state index in [1.807, 2.05) is 39.0 Å². The molecular weight excluding hydrogens is 408 g/mol. The second kappa shape index (κ2) is 8.44. The smallest absolute Gasteiger partial charge is 0.418 e. The maximum atomic E-state index is 13.4. The van der Waals surface area contributed by atoms with Crippen LogP contribution < -0.4 is 4.74 Å². The third kappa shape index (κ3) is 4.15. The van der Waals surface area contributed by atoms with E-state index in [0.717, 1.165) is 5.56 Å². The summed E-state index contributed by atoms with van der Waals surface area (Å²) in [5.74, 6) is 0.159. The first kappa shape index (κ1) is 22.1. The fraction of sp³-hybridized carbons (Fsp3) is 0.480. The van der Waals surface area contributed by atoms with E-state index in [1.165, 1.54) is 4.57 Å². The Bertz CT molecular complexity index is 1070. The molecule has 1 unspecified atom stereocenters. The van der Waals surface area contributed by atoms with E-state index >= 15 is 0 Å². The molecule has 0 saturated carbocycles. The van der Waals surface area contributed by atoms with Crippen molar-refractivity contribution in [3.8, 4) is 23.1 Å². The second-order valence-corrected chi connectivity index (χ2v) is 9.35. The quantitative estimate of drug-likeness (QED) is 0.674. The molecule has 1 saturated heterocycles. The van der Waals surface area contributed by atoms with Crippen molar-refractivity contribution in [2.75, 3.05) is 13.2 Å². The van der Waals surface area contributed by atoms with Gasteiger partial charge in [-0.25, -0.2) is 4.79 Å². The monoisotopic (exact) mass is 436 g/mol. The van der Waals surface area contributed by atoms with Gasteiger partial charge in [-0.2, -0.15) is 5.26 Å². The van der Waals surface area contributed by atoms with Crippen LogP contribution in [0.1, 0.15) is 56.8 Å². The molecule has 1 aromatic carbocycles. The number of Topliss-reactive ketones (excluding diaryl/α,β-unsaturated/α-hetero) is 1. The number of nitrogens with zero attached hydrogens (tertiary/aromatic N) is 2. The van der Waals surface area contributed by atoms with E-state index in [0.29, 0.717) is 55.9 Å². The summed E-state index contributed by atoms with van der Waals surface area (Å²) >= 11 is 0. The lowest BCUT2D eigenvalue weighted by molar-refractivity contribution is -0.0791. The van der Waals surface area contributed by atoms with Gasteiger partial charge in [0, 0.05) is 31.0 Å². The lowest BCUT2D eigenvalue weighted by Crippen LogP contribution is -2.53. The number of ether oxygens (including phenoxy) is 3. The van der Waals surface area contributed by atoms with Crippen LogP contribution in [0.2, 0.25) is 0 Å². The summed E-state index contributed by atoms with van der Waals surface area (Å²) in [5.41, 5.74) is 0.656. The molecule has 32 heavy (non-hydrogen) atoms. The van der Waals surface area contributed by atoms with Gasteiger partial charge in [0.25, 0.3) is 0 Å². The second-order valence-electron chi connectivity index (χ2n) is 9.35. The zero-order chi connectivity index (χ0) is 22.9. The first-order chi connectivity index (χ1) is 15.2. The zero-order valence-electron chi connectivity index (χ0n) is 18.7. The third-order valence-corrected chi connectivity index (χ3v) is 6.03. The zero-order valence-corrected chi connectivity index (χ0v) is 18.7. The number of hydrogen-bond donors (Lipinski definition) is 0. The summed E-state index contributed by atoms with van der Waals surface area (Å²) in [5, 5.41) is 9.08. The molecule has 1 atom stereocenters. The molecule has 2 aromatic rings. The van der Waals surface area contributed by atoms with Crippen LogP contribution >= 0.6 is 0 Å². The van der Waals surface area contributed by atoms with E-state index in [2.05, 4.69) is 6.07 Å². The largest absolute Gasteiger partial charge is 0.486 e. The Hall–Kier alpha value is -3.11. The van der Waals surface area contributed by atoms with Crippen LogP contribution in [0.15, 0.2) is 36.5 Å². The molecule has 0 bridgehead atoms. The number of carbonyl (C=O) groups is 2. The van der Waals surface area contributed by atoms with Gasteiger partial charge in [-0.1, -0.05) is 6.07 Å². The van der Waals surface area contributed by atoms with E-state index in [9.17, 15) is 9.59 Å². The van der Waals surface area contributed by atoms with Gasteiger partial charge >= 0.3 is 6.09 Å². The minimum absolute atomic E-state index is 0.0116. The molecule has 2 aliphatic heterocycles. The van der Waals surface area contributed by atoms with Crippen molar-refractivity contribution in [1.82, 2.24) is 4.57 Å². The van der Waals surface area contributed by atoms with Crippen LogP contribution in [0.5, 0.6) is 5.75 Å². The molecule has 168 valence electrons. The summed E-state index contributed by atoms with van der Waals surface area (Å²) in [6.07, 6.45) is 3.17. The number of nitriles is 1. The molecule has 0 radical (unpaired) electrons. The highest BCUT2D eigenvalue weighted by molar-refractivity contribution is 6.02. The van der Waals surface area contributed by atoms with Gasteiger partial charge in [0.1, 0.15) is 17.0 Å². The first-order valence-electron chi connectivity index (χ1n) is 11.0. The number of benzene rings is 1. The normalized spacial score (nSPS) is 19.7. The lowest BCUT2D eigenvalue weighted by Gasteiger charge is -2.46. The molecule has 1 aromatic heterocycles. The van der Waals surface area contributed by atoms with Gasteiger partial charge in [0.15, 0.2) is 5.78 Å². The number of hydrogen-bond acceptors (Lipinski definition) is 6. The SMILES string of the molecule is CC(C)(C)OC(=O)n1cccc1-c1ccc2c(c1)OC1(CCOCC1)C(CCC#N)C2=O. The van der Waals surface area contributed by atoms with Crippen molar-refractivity contribution >= 4 is 11.9 Å². The average molecular weight is 437 g/mol. The minimum Gasteiger partial charge on any atom is -0.486 e. The van der Waals surface area contributed by atoms with Crippen LogP contribution in [0, 0.1) is 17.2 Å². The Morgan fingerprint density at radius 3 is 2.72 bits per heavy atom. The average Bonchev–Trinajstić information content (AvgIpc) is 3.23. The highest BCUT2D eigenvalue weighted by Crippen LogP contribution is 2.45. The van der Waals surface area contributed by atoms with Gasteiger partial charge in [-0.15, -0.1) is 0 Å². The third-order valence-electron chi connectivity index (χ3n) is 6.03. The molecule has 2 aliphatic rings. The molecule has 0 amide bonds. The molecule has 7 nitrogen and oxygen atoms in total. The van der Waals surface area contributed by atoms with Crippen molar-refractivity contribution in [2.24, 2.45) is 5.92 Å². The van der Waals surface area contributed by atoms with E-state index in [4.69, 9.17) is 19.5 Å². The summed E-state index contributed by atoms with van der Waals surface area (Å²) in [4.78, 5) is 26.1. The molecule has 1 fully saturated rings. The Labute approximate surface area is 187 Å². The van der Waals surface area contributed by atoms with Crippen molar-refractivity contribution in [1.29, 1.82) is 5.26 Å². The molecular formula is C25H28N2O5. The summed E-state index contributed by atoms with van der Waals surface area (Å²) in [7, 11) is 0. The number of aromatic nitrogens is 1. The lowest BCUT2D eigenvalue weighted by atomic mass is 9.72. The number of fused-ring (bicyclic) bond motifs is 1. The molecule has 3 heterocycles. The topological polar surface area (TPSA) is 90.5 Å². The van der Waals surface area contributed by atoms with Crippen molar-refractivity contribution in [3.05, 3.63) is 42.1 Å². The predicted molar refractivity (Wildman–Crippen MR) is 118 cm³/mol. The highest BCUT2D eigenvalue weighted by atomic mass is 16.6. The molecule has 4 rings (SSSR count). The van der Waals surface area contributed by atoms with Crippen LogP contribution in [0.3, 0.4) is 0 Å². The molecule has 0 aliphatic carbocycles. The van der Waals surface area contributed by atoms with Gasteiger partial charge in [-0.3, -0.25) is 9.36 Å². The Morgan fingerprint density at radius 2 is 2.03 bits per heavy atom. The minimum atomic E-state index is -0.662. The van der Waals surface area contributed by atoms with Gasteiger partial charge in [0.05, 0.1) is 36.5 Å². The van der Waals surface area contributed by atoms with Crippen LogP contribution in [-0.2, 0) is 9.47 Å². The van der Waals surface area contributed by atoms with Crippen molar-refractivity contribution < 1.29 is 23.8 Å². The van der Waals surface area contributed by atoms with E-state index < -0.39 is 17.3 Å². The van der Waals surface area contributed by atoms with Crippen LogP contribution in [0.25, 0.3) is 11.3 Å². The van der Waals surface area contributed by atoms with Gasteiger partial charge in [0.2, 0.25) is 0 Å². The Morgan fingerprint density at radius 1 is 1.28 bits per heavy atom. The Balaban J connectivity index is 1.70. The van der Waals surface area contributed by atoms with Crippen molar-refractivity contribution in [2.45, 2.75) is 57.7 Å². The first-order valence-corrected chi connectivity index (χ1v) is 11.0. The number of rotatable bonds is 3. The van der Waals surface area contributed by atoms with E-state index in [-0.39, 0.29) is 11.7 Å². The molecule has 1 spiro atoms. The van der Waals surface area contributed by atoms with Gasteiger partial charge < -0.3 is 14.2 Å². The summed E-state index contributed by atoms with van der Waals surface area (Å²) < 4.78 is 19.0. The fourth-order valence-electron chi connectivity index (χ4n) is 4.54. The maximum absolute atomic E-state index is 13.4. The fourth-order valence-corrected chi connectivity index (χ4v) is 4.54. The molecule has 7 heteroatoms. The van der Waals surface area contributed by atoms with E-state index in [1.54, 1.807) is 18.3 Å². The maximum Gasteiger partial charge on any atom is 0.418 e. The summed E-state index contributed by atoms with van der Waals surface area (Å²) in [6.45, 7) is 6.51. The van der Waals surface area contributed by atoms with Crippen molar-refractivity contribution in [3.63, 3.8) is 0 Å². The number of ketones is 1. The molecule has 0 N–H and O–H groups in total. The Kier molecular flexibility index (Phi) is 5.83. The van der Waals surface area contributed by atoms with Crippen LogP contribution in [0.4, 0.5) is 4.79 Å². The highest BCUT2D eigenvalue weighted by Gasteiger charge is 2.50. The standard InChI is InChI=1S/C25H28N2O5/c1-24(2,3)32-23(29)27-13-5-7-20(27)17-8-9-18-21(16-17)31-25(10-14-30-15-11-25)19(22(18)28)6-4-12-26/h5,7-9,13,16,19H,4,6,10-11,14-15H2,1-3H3. The predicted octanol–water partition coefficient (Wildman–Crippen LogP) is 4.98.